The molecule has 0 heterocycles. The third kappa shape index (κ3) is 4.48. The van der Waals surface area contributed by atoms with Crippen molar-refractivity contribution >= 4 is 11.6 Å². The largest absolute Gasteiger partial charge is 0.457 e. The van der Waals surface area contributed by atoms with Crippen molar-refractivity contribution in [2.24, 2.45) is 0 Å². The molecule has 0 unspecified atom stereocenters. The molecule has 3 heteroatoms. The molecule has 0 aromatic heterocycles. The lowest BCUT2D eigenvalue weighted by atomic mass is 10.1. The van der Waals surface area contributed by atoms with E-state index in [0.29, 0.717) is 11.1 Å². The van der Waals surface area contributed by atoms with Crippen LogP contribution in [-0.2, 0) is 6.54 Å². The first-order valence-electron chi connectivity index (χ1n) is 7.22. The molecule has 0 radical (unpaired) electrons. The molecule has 0 saturated carbocycles. The van der Waals surface area contributed by atoms with Gasteiger partial charge in [0.2, 0.25) is 0 Å². The van der Waals surface area contributed by atoms with Crippen molar-refractivity contribution < 1.29 is 4.74 Å². The molecule has 0 aliphatic carbocycles. The first-order valence-corrected chi connectivity index (χ1v) is 7.60. The summed E-state index contributed by atoms with van der Waals surface area (Å²) >= 11 is 6.06. The number of nitrogens with one attached hydrogen (secondary N) is 1. The van der Waals surface area contributed by atoms with Crippen molar-refractivity contribution in [3.63, 3.8) is 0 Å². The highest BCUT2D eigenvalue weighted by molar-refractivity contribution is 6.30. The van der Waals surface area contributed by atoms with Crippen LogP contribution >= 0.6 is 11.6 Å². The van der Waals surface area contributed by atoms with E-state index in [1.165, 1.54) is 5.56 Å². The summed E-state index contributed by atoms with van der Waals surface area (Å²) in [7, 11) is 0. The van der Waals surface area contributed by atoms with Crippen LogP contribution in [0.25, 0.3) is 0 Å². The zero-order valence-corrected chi connectivity index (χ0v) is 13.8. The van der Waals surface area contributed by atoms with Crippen LogP contribution < -0.4 is 10.1 Å². The second-order valence-electron chi connectivity index (χ2n) is 5.66. The first-order chi connectivity index (χ1) is 9.95. The van der Waals surface area contributed by atoms with Gasteiger partial charge in [-0.2, -0.15) is 0 Å². The molecular formula is C18H22ClNO. The average Bonchev–Trinajstić information content (AvgIpc) is 2.43. The van der Waals surface area contributed by atoms with E-state index >= 15 is 0 Å². The molecule has 0 bridgehead atoms. The van der Waals surface area contributed by atoms with Crippen molar-refractivity contribution in [2.75, 3.05) is 0 Å². The lowest BCUT2D eigenvalue weighted by Crippen LogP contribution is -2.22. The van der Waals surface area contributed by atoms with Crippen molar-refractivity contribution in [3.8, 4) is 11.5 Å². The molecule has 1 N–H and O–H groups in total. The Labute approximate surface area is 132 Å². The highest BCUT2D eigenvalue weighted by Gasteiger charge is 2.08. The number of halogens is 1. The molecule has 0 atom stereocenters. The van der Waals surface area contributed by atoms with Gasteiger partial charge in [-0.1, -0.05) is 49.2 Å². The van der Waals surface area contributed by atoms with E-state index in [-0.39, 0.29) is 0 Å². The van der Waals surface area contributed by atoms with Crippen molar-refractivity contribution in [3.05, 3.63) is 58.1 Å². The first kappa shape index (κ1) is 15.9. The number of hydrogen-bond acceptors (Lipinski definition) is 2. The van der Waals surface area contributed by atoms with E-state index in [1.54, 1.807) is 0 Å². The maximum absolute atomic E-state index is 6.08. The summed E-state index contributed by atoms with van der Waals surface area (Å²) in [5, 5.41) is 4.12. The summed E-state index contributed by atoms with van der Waals surface area (Å²) in [6, 6.07) is 12.4. The number of hydrogen-bond donors (Lipinski definition) is 1. The highest BCUT2D eigenvalue weighted by atomic mass is 35.5. The van der Waals surface area contributed by atoms with Crippen LogP contribution in [0.4, 0.5) is 0 Å². The van der Waals surface area contributed by atoms with Crippen LogP contribution in [0.5, 0.6) is 11.5 Å². The van der Waals surface area contributed by atoms with Gasteiger partial charge in [-0.3, -0.25) is 0 Å². The van der Waals surface area contributed by atoms with Gasteiger partial charge in [0.15, 0.2) is 0 Å². The Hall–Kier alpha value is -1.51. The van der Waals surface area contributed by atoms with Crippen LogP contribution in [0.2, 0.25) is 5.02 Å². The summed E-state index contributed by atoms with van der Waals surface area (Å²) in [6.07, 6.45) is 0. The fraction of sp³-hybridized carbons (Fsp3) is 0.333. The van der Waals surface area contributed by atoms with Crippen LogP contribution in [0.1, 0.15) is 30.5 Å². The molecule has 0 spiro atoms. The second-order valence-corrected chi connectivity index (χ2v) is 6.10. The molecule has 0 fully saturated rings. The van der Waals surface area contributed by atoms with Gasteiger partial charge in [-0.05, 0) is 37.6 Å². The molecule has 2 aromatic carbocycles. The van der Waals surface area contributed by atoms with Crippen molar-refractivity contribution in [2.45, 2.75) is 40.3 Å². The Morgan fingerprint density at radius 1 is 1.05 bits per heavy atom. The predicted octanol–water partition coefficient (Wildman–Crippen LogP) is 5.25. The third-order valence-corrected chi connectivity index (χ3v) is 3.52. The van der Waals surface area contributed by atoms with Gasteiger partial charge >= 0.3 is 0 Å². The molecule has 0 aliphatic heterocycles. The van der Waals surface area contributed by atoms with Crippen molar-refractivity contribution in [1.29, 1.82) is 0 Å². The van der Waals surface area contributed by atoms with Gasteiger partial charge in [0.1, 0.15) is 11.5 Å². The highest BCUT2D eigenvalue weighted by Crippen LogP contribution is 2.30. The molecule has 2 rings (SSSR count). The fourth-order valence-electron chi connectivity index (χ4n) is 2.06. The third-order valence-electron chi connectivity index (χ3n) is 3.29. The number of aryl methyl sites for hydroxylation is 2. The predicted molar refractivity (Wildman–Crippen MR) is 89.4 cm³/mol. The van der Waals surface area contributed by atoms with E-state index in [4.69, 9.17) is 16.3 Å². The van der Waals surface area contributed by atoms with Gasteiger partial charge in [-0.15, -0.1) is 0 Å². The summed E-state index contributed by atoms with van der Waals surface area (Å²) < 4.78 is 6.08. The normalized spacial score (nSPS) is 11.0. The second kappa shape index (κ2) is 6.97. The van der Waals surface area contributed by atoms with Gasteiger partial charge in [0.05, 0.1) is 0 Å². The van der Waals surface area contributed by atoms with E-state index in [2.05, 4.69) is 38.2 Å². The molecule has 112 valence electrons. The lowest BCUT2D eigenvalue weighted by Gasteiger charge is -2.15. The van der Waals surface area contributed by atoms with Crippen LogP contribution in [0, 0.1) is 13.8 Å². The Balaban J connectivity index is 2.28. The molecule has 0 amide bonds. The Bertz CT molecular complexity index is 623. The molecule has 21 heavy (non-hydrogen) atoms. The monoisotopic (exact) mass is 303 g/mol. The summed E-state index contributed by atoms with van der Waals surface area (Å²) in [6.45, 7) is 9.17. The number of benzene rings is 2. The number of ether oxygens (including phenoxy) is 1. The summed E-state index contributed by atoms with van der Waals surface area (Å²) in [5.41, 5.74) is 3.46. The lowest BCUT2D eigenvalue weighted by molar-refractivity contribution is 0.466. The van der Waals surface area contributed by atoms with E-state index < -0.39 is 0 Å². The smallest absolute Gasteiger partial charge is 0.131 e. The minimum atomic E-state index is 0.436. The van der Waals surface area contributed by atoms with E-state index in [1.807, 2.05) is 31.2 Å². The SMILES string of the molecule is Cc1ccc(Oc2cc(Cl)ccc2C)c(CNC(C)C)c1. The van der Waals surface area contributed by atoms with Gasteiger partial charge in [0.25, 0.3) is 0 Å². The average molecular weight is 304 g/mol. The van der Waals surface area contributed by atoms with Crippen LogP contribution in [-0.4, -0.2) is 6.04 Å². The van der Waals surface area contributed by atoms with Crippen LogP contribution in [0.15, 0.2) is 36.4 Å². The summed E-state index contributed by atoms with van der Waals surface area (Å²) in [5.74, 6) is 1.68. The van der Waals surface area contributed by atoms with Crippen molar-refractivity contribution in [1.82, 2.24) is 5.32 Å². The van der Waals surface area contributed by atoms with Gasteiger partial charge < -0.3 is 10.1 Å². The Morgan fingerprint density at radius 3 is 2.52 bits per heavy atom. The molecule has 0 aliphatic rings. The number of rotatable bonds is 5. The fourth-order valence-corrected chi connectivity index (χ4v) is 2.22. The van der Waals surface area contributed by atoms with Crippen LogP contribution in [0.3, 0.4) is 0 Å². The minimum Gasteiger partial charge on any atom is -0.457 e. The molecular weight excluding hydrogens is 282 g/mol. The van der Waals surface area contributed by atoms with E-state index in [9.17, 15) is 0 Å². The molecule has 2 nitrogen and oxygen atoms in total. The maximum atomic E-state index is 6.08. The van der Waals surface area contributed by atoms with Gasteiger partial charge in [-0.25, -0.2) is 0 Å². The quantitative estimate of drug-likeness (QED) is 0.815. The molecule has 2 aromatic rings. The maximum Gasteiger partial charge on any atom is 0.131 e. The standard InChI is InChI=1S/C18H22ClNO/c1-12(2)20-11-15-9-13(3)5-8-17(15)21-18-10-16(19)7-6-14(18)4/h5-10,12,20H,11H2,1-4H3. The minimum absolute atomic E-state index is 0.436. The van der Waals surface area contributed by atoms with E-state index in [0.717, 1.165) is 29.2 Å². The Kier molecular flexibility index (Phi) is 5.27. The Morgan fingerprint density at radius 2 is 1.81 bits per heavy atom. The zero-order valence-electron chi connectivity index (χ0n) is 13.0. The topological polar surface area (TPSA) is 21.3 Å². The summed E-state index contributed by atoms with van der Waals surface area (Å²) in [4.78, 5) is 0. The molecule has 0 saturated heterocycles. The van der Waals surface area contributed by atoms with Gasteiger partial charge in [0, 0.05) is 23.2 Å². The zero-order chi connectivity index (χ0) is 15.4.